The maximum absolute atomic E-state index is 13.0. The first-order valence-corrected chi connectivity index (χ1v) is 11.6. The fourth-order valence-electron chi connectivity index (χ4n) is 3.35. The van der Waals surface area contributed by atoms with Gasteiger partial charge in [-0.05, 0) is 48.5 Å². The molecule has 0 unspecified atom stereocenters. The molecular formula is C23H19FN6O4S. The number of carbonyl (C=O) groups excluding carboxylic acids is 2. The Morgan fingerprint density at radius 2 is 1.86 bits per heavy atom. The molecule has 0 spiro atoms. The molecule has 5 rings (SSSR count). The van der Waals surface area contributed by atoms with Gasteiger partial charge in [-0.1, -0.05) is 11.8 Å². The Morgan fingerprint density at radius 3 is 2.71 bits per heavy atom. The molecule has 0 saturated carbocycles. The summed E-state index contributed by atoms with van der Waals surface area (Å²) in [6.07, 6.45) is 0.389. The van der Waals surface area contributed by atoms with Crippen LogP contribution in [-0.4, -0.2) is 50.7 Å². The SMILES string of the molecule is O=C(CSc1ccc2nnc(CCNC(=O)c3ccc(F)cc3)n2n1)Nc1ccc2c(c1)OCO2. The van der Waals surface area contributed by atoms with Crippen LogP contribution in [0.1, 0.15) is 16.2 Å². The lowest BCUT2D eigenvalue weighted by molar-refractivity contribution is -0.113. The van der Waals surface area contributed by atoms with E-state index in [4.69, 9.17) is 9.47 Å². The summed E-state index contributed by atoms with van der Waals surface area (Å²) in [4.78, 5) is 24.6. The molecule has 0 bridgehead atoms. The summed E-state index contributed by atoms with van der Waals surface area (Å²) < 4.78 is 25.2. The third kappa shape index (κ3) is 5.32. The third-order valence-corrected chi connectivity index (χ3v) is 5.97. The normalized spacial score (nSPS) is 12.0. The number of fused-ring (bicyclic) bond motifs is 2. The second kappa shape index (κ2) is 9.97. The van der Waals surface area contributed by atoms with Crippen molar-refractivity contribution in [1.82, 2.24) is 25.1 Å². The number of benzene rings is 2. The summed E-state index contributed by atoms with van der Waals surface area (Å²) in [5.41, 5.74) is 1.54. The van der Waals surface area contributed by atoms with Crippen molar-refractivity contribution < 1.29 is 23.5 Å². The van der Waals surface area contributed by atoms with E-state index in [9.17, 15) is 14.0 Å². The van der Waals surface area contributed by atoms with Crippen LogP contribution < -0.4 is 20.1 Å². The van der Waals surface area contributed by atoms with Gasteiger partial charge >= 0.3 is 0 Å². The first kappa shape index (κ1) is 22.6. The molecule has 0 radical (unpaired) electrons. The Kier molecular flexibility index (Phi) is 6.44. The van der Waals surface area contributed by atoms with Gasteiger partial charge in [0.1, 0.15) is 10.8 Å². The van der Waals surface area contributed by atoms with E-state index in [1.165, 1.54) is 36.0 Å². The van der Waals surface area contributed by atoms with Gasteiger partial charge in [-0.15, -0.1) is 10.2 Å². The minimum atomic E-state index is -0.401. The number of thioether (sulfide) groups is 1. The smallest absolute Gasteiger partial charge is 0.251 e. The predicted octanol–water partition coefficient (Wildman–Crippen LogP) is 2.70. The van der Waals surface area contributed by atoms with E-state index in [2.05, 4.69) is 25.9 Å². The number of hydrogen-bond acceptors (Lipinski definition) is 8. The summed E-state index contributed by atoms with van der Waals surface area (Å²) in [5, 5.41) is 19.0. The highest BCUT2D eigenvalue weighted by Gasteiger charge is 2.15. The summed E-state index contributed by atoms with van der Waals surface area (Å²) in [5.74, 6) is 1.05. The van der Waals surface area contributed by atoms with Crippen LogP contribution in [0.15, 0.2) is 59.6 Å². The number of nitrogens with zero attached hydrogens (tertiary/aromatic N) is 4. The fourth-order valence-corrected chi connectivity index (χ4v) is 4.01. The van der Waals surface area contributed by atoms with Crippen LogP contribution in [0, 0.1) is 5.82 Å². The molecular weight excluding hydrogens is 475 g/mol. The average molecular weight is 495 g/mol. The van der Waals surface area contributed by atoms with Crippen molar-refractivity contribution >= 4 is 34.9 Å². The van der Waals surface area contributed by atoms with Crippen LogP contribution in [0.2, 0.25) is 0 Å². The zero-order valence-corrected chi connectivity index (χ0v) is 19.0. The van der Waals surface area contributed by atoms with Crippen LogP contribution in [0.4, 0.5) is 10.1 Å². The predicted molar refractivity (Wildman–Crippen MR) is 125 cm³/mol. The minimum absolute atomic E-state index is 0.151. The van der Waals surface area contributed by atoms with Gasteiger partial charge in [-0.3, -0.25) is 9.59 Å². The number of carbonyl (C=O) groups is 2. The second-order valence-corrected chi connectivity index (χ2v) is 8.47. The molecule has 2 amide bonds. The molecule has 35 heavy (non-hydrogen) atoms. The number of ether oxygens (including phenoxy) is 2. The monoisotopic (exact) mass is 494 g/mol. The standard InChI is InChI=1S/C23H19FN6O4S/c24-15-3-1-14(2-4-15)23(32)25-10-9-20-28-27-19-7-8-22(29-30(19)20)35-12-21(31)26-16-5-6-17-18(11-16)34-13-33-17/h1-8,11H,9-10,12-13H2,(H,25,32)(H,26,31). The Labute approximate surface area is 202 Å². The van der Waals surface area contributed by atoms with Crippen LogP contribution in [0.5, 0.6) is 11.5 Å². The Hall–Kier alpha value is -4.19. The van der Waals surface area contributed by atoms with Crippen molar-refractivity contribution in [3.8, 4) is 11.5 Å². The third-order valence-electron chi connectivity index (χ3n) is 5.05. The van der Waals surface area contributed by atoms with Crippen molar-refractivity contribution in [2.45, 2.75) is 11.4 Å². The summed E-state index contributed by atoms with van der Waals surface area (Å²) in [6.45, 7) is 0.469. The maximum atomic E-state index is 13.0. The minimum Gasteiger partial charge on any atom is -0.454 e. The summed E-state index contributed by atoms with van der Waals surface area (Å²) >= 11 is 1.27. The molecule has 12 heteroatoms. The molecule has 1 aliphatic heterocycles. The van der Waals surface area contributed by atoms with Gasteiger partial charge in [0, 0.05) is 30.3 Å². The zero-order valence-electron chi connectivity index (χ0n) is 18.2. The molecule has 0 saturated heterocycles. The van der Waals surface area contributed by atoms with Gasteiger partial charge in [-0.25, -0.2) is 4.39 Å². The lowest BCUT2D eigenvalue weighted by Crippen LogP contribution is -2.26. The Morgan fingerprint density at radius 1 is 1.03 bits per heavy atom. The van der Waals surface area contributed by atoms with Crippen LogP contribution >= 0.6 is 11.8 Å². The van der Waals surface area contributed by atoms with Gasteiger partial charge in [-0.2, -0.15) is 9.61 Å². The van der Waals surface area contributed by atoms with Gasteiger partial charge < -0.3 is 20.1 Å². The Balaban J connectivity index is 1.16. The molecule has 3 heterocycles. The van der Waals surface area contributed by atoms with E-state index in [0.717, 1.165) is 0 Å². The molecule has 2 aromatic carbocycles. The van der Waals surface area contributed by atoms with E-state index >= 15 is 0 Å². The van der Waals surface area contributed by atoms with E-state index in [1.54, 1.807) is 34.8 Å². The number of anilines is 1. The van der Waals surface area contributed by atoms with Crippen LogP contribution in [0.3, 0.4) is 0 Å². The molecule has 2 aromatic heterocycles. The highest BCUT2D eigenvalue weighted by atomic mass is 32.2. The largest absolute Gasteiger partial charge is 0.454 e. The fraction of sp³-hybridized carbons (Fsp3) is 0.174. The van der Waals surface area contributed by atoms with Crippen molar-refractivity contribution in [2.24, 2.45) is 0 Å². The van der Waals surface area contributed by atoms with Gasteiger partial charge in [0.15, 0.2) is 23.0 Å². The number of amides is 2. The van der Waals surface area contributed by atoms with E-state index in [0.29, 0.717) is 52.2 Å². The van der Waals surface area contributed by atoms with E-state index < -0.39 is 5.82 Å². The number of nitrogens with one attached hydrogen (secondary N) is 2. The van der Waals surface area contributed by atoms with Crippen LogP contribution in [-0.2, 0) is 11.2 Å². The van der Waals surface area contributed by atoms with Crippen molar-refractivity contribution in [3.05, 3.63) is 71.8 Å². The zero-order chi connectivity index (χ0) is 24.2. The molecule has 1 aliphatic rings. The van der Waals surface area contributed by atoms with Gasteiger partial charge in [0.25, 0.3) is 5.91 Å². The molecule has 10 nitrogen and oxygen atoms in total. The molecule has 0 atom stereocenters. The molecule has 2 N–H and O–H groups in total. The molecule has 0 fully saturated rings. The highest BCUT2D eigenvalue weighted by molar-refractivity contribution is 7.99. The number of rotatable bonds is 8. The maximum Gasteiger partial charge on any atom is 0.251 e. The van der Waals surface area contributed by atoms with Gasteiger partial charge in [0.05, 0.1) is 5.75 Å². The number of hydrogen-bond donors (Lipinski definition) is 2. The van der Waals surface area contributed by atoms with E-state index in [1.807, 2.05) is 0 Å². The quantitative estimate of drug-likeness (QED) is 0.359. The average Bonchev–Trinajstić information content (AvgIpc) is 3.49. The lowest BCUT2D eigenvalue weighted by atomic mass is 10.2. The number of halogens is 1. The lowest BCUT2D eigenvalue weighted by Gasteiger charge is -2.07. The van der Waals surface area contributed by atoms with Crippen LogP contribution in [0.25, 0.3) is 5.65 Å². The Bertz CT molecular complexity index is 1390. The van der Waals surface area contributed by atoms with Gasteiger partial charge in [0.2, 0.25) is 12.7 Å². The van der Waals surface area contributed by atoms with Crippen molar-refractivity contribution in [3.63, 3.8) is 0 Å². The molecule has 0 aliphatic carbocycles. The molecule has 4 aromatic rings. The number of aromatic nitrogens is 4. The van der Waals surface area contributed by atoms with E-state index in [-0.39, 0.29) is 24.4 Å². The first-order valence-electron chi connectivity index (χ1n) is 10.6. The summed E-state index contributed by atoms with van der Waals surface area (Å²) in [6, 6.07) is 14.1. The highest BCUT2D eigenvalue weighted by Crippen LogP contribution is 2.34. The molecule has 178 valence electrons. The first-order chi connectivity index (χ1) is 17.0. The van der Waals surface area contributed by atoms with Crippen molar-refractivity contribution in [1.29, 1.82) is 0 Å². The second-order valence-electron chi connectivity index (χ2n) is 7.48. The van der Waals surface area contributed by atoms with Crippen molar-refractivity contribution in [2.75, 3.05) is 24.4 Å². The topological polar surface area (TPSA) is 120 Å². The summed E-state index contributed by atoms with van der Waals surface area (Å²) in [7, 11) is 0.